The van der Waals surface area contributed by atoms with Crippen molar-refractivity contribution in [1.29, 1.82) is 0 Å². The molecule has 1 aliphatic carbocycles. The quantitative estimate of drug-likeness (QED) is 0.670. The third-order valence-electron chi connectivity index (χ3n) is 4.58. The largest absolute Gasteiger partial charge is 0.381 e. The Hall–Kier alpha value is -2.60. The van der Waals surface area contributed by atoms with Crippen LogP contribution in [0, 0.1) is 5.82 Å². The van der Waals surface area contributed by atoms with E-state index in [0.717, 1.165) is 31.4 Å². The summed E-state index contributed by atoms with van der Waals surface area (Å²) in [4.78, 5) is 11.7. The number of hydrogen-bond donors (Lipinski definition) is 4. The number of carbonyl (C=O) groups excluding carboxylic acids is 1. The average molecular weight is 342 g/mol. The lowest BCUT2D eigenvalue weighted by Crippen LogP contribution is -2.42. The number of amides is 1. The number of nitrogens with one attached hydrogen (secondary N) is 2. The van der Waals surface area contributed by atoms with Gasteiger partial charge in [0.05, 0.1) is 11.3 Å². The average Bonchev–Trinajstić information content (AvgIpc) is 2.59. The summed E-state index contributed by atoms with van der Waals surface area (Å²) in [6.45, 7) is 0. The van der Waals surface area contributed by atoms with Gasteiger partial charge in [0, 0.05) is 23.5 Å². The molecule has 0 aromatic heterocycles. The van der Waals surface area contributed by atoms with Crippen LogP contribution in [-0.2, 0) is 0 Å². The standard InChI is InChI=1S/C19H23FN4O/c20-12-5-7-13(8-6-12)23-18-11-14(9-10-15(18)19(22)25)24-17-4-2-1-3-16(17)21/h5-11,16-17,23-24H,1-4,21H2,(H2,22,25). The van der Waals surface area contributed by atoms with Crippen molar-refractivity contribution in [3.8, 4) is 0 Å². The molecule has 1 aliphatic rings. The Labute approximate surface area is 146 Å². The van der Waals surface area contributed by atoms with Crippen LogP contribution < -0.4 is 22.1 Å². The van der Waals surface area contributed by atoms with Gasteiger partial charge in [-0.15, -0.1) is 0 Å². The van der Waals surface area contributed by atoms with Gasteiger partial charge in [-0.1, -0.05) is 12.8 Å². The fourth-order valence-electron chi connectivity index (χ4n) is 3.19. The van der Waals surface area contributed by atoms with Crippen LogP contribution in [0.4, 0.5) is 21.5 Å². The van der Waals surface area contributed by atoms with Crippen LogP contribution in [0.15, 0.2) is 42.5 Å². The van der Waals surface area contributed by atoms with Crippen molar-refractivity contribution >= 4 is 23.0 Å². The number of rotatable bonds is 5. The van der Waals surface area contributed by atoms with Crippen LogP contribution in [0.1, 0.15) is 36.0 Å². The minimum absolute atomic E-state index is 0.123. The molecule has 132 valence electrons. The molecule has 0 radical (unpaired) electrons. The third-order valence-corrected chi connectivity index (χ3v) is 4.58. The smallest absolute Gasteiger partial charge is 0.250 e. The molecule has 3 rings (SSSR count). The van der Waals surface area contributed by atoms with Crippen molar-refractivity contribution in [2.75, 3.05) is 10.6 Å². The first-order valence-corrected chi connectivity index (χ1v) is 8.51. The number of carbonyl (C=O) groups is 1. The highest BCUT2D eigenvalue weighted by Gasteiger charge is 2.22. The Bertz CT molecular complexity index is 748. The van der Waals surface area contributed by atoms with E-state index in [1.54, 1.807) is 18.2 Å². The molecule has 0 heterocycles. The summed E-state index contributed by atoms with van der Waals surface area (Å²) in [6, 6.07) is 11.6. The lowest BCUT2D eigenvalue weighted by molar-refractivity contribution is 0.100. The van der Waals surface area contributed by atoms with Crippen molar-refractivity contribution in [2.24, 2.45) is 11.5 Å². The van der Waals surface area contributed by atoms with Gasteiger partial charge in [-0.25, -0.2) is 4.39 Å². The van der Waals surface area contributed by atoms with Gasteiger partial charge in [-0.3, -0.25) is 4.79 Å². The minimum atomic E-state index is -0.523. The summed E-state index contributed by atoms with van der Waals surface area (Å²) < 4.78 is 13.1. The molecule has 0 bridgehead atoms. The summed E-state index contributed by atoms with van der Waals surface area (Å²) in [7, 11) is 0. The Kier molecular flexibility index (Phi) is 5.19. The molecule has 0 spiro atoms. The predicted octanol–water partition coefficient (Wildman–Crippen LogP) is 3.35. The van der Waals surface area contributed by atoms with E-state index in [4.69, 9.17) is 11.5 Å². The molecule has 1 fully saturated rings. The molecule has 6 N–H and O–H groups in total. The summed E-state index contributed by atoms with van der Waals surface area (Å²) in [5.41, 5.74) is 14.2. The number of primary amides is 1. The van der Waals surface area contributed by atoms with Gasteiger partial charge in [0.25, 0.3) is 5.91 Å². The SMILES string of the molecule is NC(=O)c1ccc(NC2CCCCC2N)cc1Nc1ccc(F)cc1. The van der Waals surface area contributed by atoms with Crippen LogP contribution >= 0.6 is 0 Å². The second-order valence-corrected chi connectivity index (χ2v) is 6.46. The van der Waals surface area contributed by atoms with Crippen LogP contribution in [0.25, 0.3) is 0 Å². The molecular weight excluding hydrogens is 319 g/mol. The molecule has 2 unspecified atom stereocenters. The lowest BCUT2D eigenvalue weighted by atomic mass is 9.91. The maximum atomic E-state index is 13.1. The first-order valence-electron chi connectivity index (χ1n) is 8.51. The molecule has 6 heteroatoms. The molecule has 2 atom stereocenters. The normalized spacial score (nSPS) is 20.1. The van der Waals surface area contributed by atoms with E-state index < -0.39 is 5.91 Å². The highest BCUT2D eigenvalue weighted by Crippen LogP contribution is 2.27. The first kappa shape index (κ1) is 17.2. The van der Waals surface area contributed by atoms with Crippen molar-refractivity contribution in [2.45, 2.75) is 37.8 Å². The van der Waals surface area contributed by atoms with Gasteiger partial charge in [0.1, 0.15) is 5.82 Å². The lowest BCUT2D eigenvalue weighted by Gasteiger charge is -2.30. The van der Waals surface area contributed by atoms with Crippen molar-refractivity contribution in [3.63, 3.8) is 0 Å². The van der Waals surface area contributed by atoms with Crippen LogP contribution in [0.2, 0.25) is 0 Å². The molecule has 1 saturated carbocycles. The fraction of sp³-hybridized carbons (Fsp3) is 0.316. The molecular formula is C19H23FN4O. The summed E-state index contributed by atoms with van der Waals surface area (Å²) in [6.07, 6.45) is 4.36. The van der Waals surface area contributed by atoms with Crippen molar-refractivity contribution in [1.82, 2.24) is 0 Å². The maximum Gasteiger partial charge on any atom is 0.250 e. The van der Waals surface area contributed by atoms with E-state index in [2.05, 4.69) is 10.6 Å². The Morgan fingerprint density at radius 1 is 1.04 bits per heavy atom. The highest BCUT2D eigenvalue weighted by atomic mass is 19.1. The van der Waals surface area contributed by atoms with E-state index >= 15 is 0 Å². The van der Waals surface area contributed by atoms with Crippen LogP contribution in [0.5, 0.6) is 0 Å². The molecule has 5 nitrogen and oxygen atoms in total. The van der Waals surface area contributed by atoms with Gasteiger partial charge < -0.3 is 22.1 Å². The number of hydrogen-bond acceptors (Lipinski definition) is 4. The summed E-state index contributed by atoms with van der Waals surface area (Å²) >= 11 is 0. The number of benzene rings is 2. The zero-order valence-electron chi connectivity index (χ0n) is 14.0. The van der Waals surface area contributed by atoms with Gasteiger partial charge in [0.15, 0.2) is 0 Å². The fourth-order valence-corrected chi connectivity index (χ4v) is 3.19. The predicted molar refractivity (Wildman–Crippen MR) is 98.5 cm³/mol. The molecule has 2 aromatic rings. The van der Waals surface area contributed by atoms with Gasteiger partial charge >= 0.3 is 0 Å². The number of halogens is 1. The topological polar surface area (TPSA) is 93.2 Å². The molecule has 0 saturated heterocycles. The maximum absolute atomic E-state index is 13.1. The monoisotopic (exact) mass is 342 g/mol. The zero-order chi connectivity index (χ0) is 17.8. The van der Waals surface area contributed by atoms with Gasteiger partial charge in [0.2, 0.25) is 0 Å². The molecule has 1 amide bonds. The van der Waals surface area contributed by atoms with E-state index in [1.807, 2.05) is 12.1 Å². The number of anilines is 3. The molecule has 0 aliphatic heterocycles. The summed E-state index contributed by atoms with van der Waals surface area (Å²) in [5, 5.41) is 6.59. The van der Waals surface area contributed by atoms with Gasteiger partial charge in [-0.05, 0) is 55.3 Å². The van der Waals surface area contributed by atoms with Gasteiger partial charge in [-0.2, -0.15) is 0 Å². The Morgan fingerprint density at radius 3 is 2.40 bits per heavy atom. The zero-order valence-corrected chi connectivity index (χ0v) is 14.0. The third kappa shape index (κ3) is 4.28. The Morgan fingerprint density at radius 2 is 1.72 bits per heavy atom. The van der Waals surface area contributed by atoms with E-state index in [-0.39, 0.29) is 17.9 Å². The van der Waals surface area contributed by atoms with E-state index in [9.17, 15) is 9.18 Å². The second kappa shape index (κ2) is 7.53. The van der Waals surface area contributed by atoms with Crippen LogP contribution in [-0.4, -0.2) is 18.0 Å². The van der Waals surface area contributed by atoms with Crippen molar-refractivity contribution < 1.29 is 9.18 Å². The molecule has 25 heavy (non-hydrogen) atoms. The van der Waals surface area contributed by atoms with Crippen LogP contribution in [0.3, 0.4) is 0 Å². The number of nitrogens with two attached hydrogens (primary N) is 2. The highest BCUT2D eigenvalue weighted by molar-refractivity contribution is 6.00. The Balaban J connectivity index is 1.83. The van der Waals surface area contributed by atoms with Crippen molar-refractivity contribution in [3.05, 3.63) is 53.8 Å². The minimum Gasteiger partial charge on any atom is -0.381 e. The summed E-state index contributed by atoms with van der Waals surface area (Å²) in [5.74, 6) is -0.840. The first-order chi connectivity index (χ1) is 12.0. The van der Waals surface area contributed by atoms with E-state index in [0.29, 0.717) is 16.9 Å². The van der Waals surface area contributed by atoms with E-state index in [1.165, 1.54) is 12.1 Å². The second-order valence-electron chi connectivity index (χ2n) is 6.46. The molecule has 2 aromatic carbocycles.